The highest BCUT2D eigenvalue weighted by Gasteiger charge is 2.34. The lowest BCUT2D eigenvalue weighted by atomic mass is 10.0. The number of hydrogen-bond acceptors (Lipinski definition) is 6. The molecule has 3 rings (SSSR count). The molecule has 1 N–H and O–H groups in total. The van der Waals surface area contributed by atoms with Gasteiger partial charge in [0, 0.05) is 26.6 Å². The average Bonchev–Trinajstić information content (AvgIpc) is 3.25. The molecular formula is C15H21N5O3. The van der Waals surface area contributed by atoms with Gasteiger partial charge in [-0.3, -0.25) is 9.89 Å². The average molecular weight is 319 g/mol. The summed E-state index contributed by atoms with van der Waals surface area (Å²) < 4.78 is 11.0. The van der Waals surface area contributed by atoms with E-state index in [-0.39, 0.29) is 17.9 Å². The van der Waals surface area contributed by atoms with E-state index >= 15 is 0 Å². The molecule has 0 bridgehead atoms. The first-order chi connectivity index (χ1) is 11.1. The van der Waals surface area contributed by atoms with E-state index in [1.54, 1.807) is 11.9 Å². The standard InChI is InChI=1S/C15H21N5O3/c1-4-11-13(16-8-23-11)15(21)20(3)7-12-10(5-6-22-12)14-17-9(2)18-19-14/h8,10,12H,4-7H2,1-3H3,(H,17,18,19)/t10-,12-/m1/s1. The van der Waals surface area contributed by atoms with Crippen LogP contribution in [0.5, 0.6) is 0 Å². The number of ether oxygens (including phenoxy) is 1. The van der Waals surface area contributed by atoms with Crippen LogP contribution >= 0.6 is 0 Å². The monoisotopic (exact) mass is 319 g/mol. The highest BCUT2D eigenvalue weighted by atomic mass is 16.5. The van der Waals surface area contributed by atoms with Crippen LogP contribution in [0.15, 0.2) is 10.8 Å². The Morgan fingerprint density at radius 3 is 3.04 bits per heavy atom. The van der Waals surface area contributed by atoms with E-state index in [1.165, 1.54) is 6.39 Å². The Labute approximate surface area is 134 Å². The van der Waals surface area contributed by atoms with Crippen molar-refractivity contribution in [1.29, 1.82) is 0 Å². The van der Waals surface area contributed by atoms with E-state index in [0.29, 0.717) is 31.0 Å². The summed E-state index contributed by atoms with van der Waals surface area (Å²) in [4.78, 5) is 22.6. The molecule has 2 aromatic heterocycles. The molecule has 3 heterocycles. The molecule has 0 unspecified atom stereocenters. The van der Waals surface area contributed by atoms with Gasteiger partial charge in [0.05, 0.1) is 12.0 Å². The Morgan fingerprint density at radius 2 is 2.35 bits per heavy atom. The summed E-state index contributed by atoms with van der Waals surface area (Å²) in [5.41, 5.74) is 0.373. The molecule has 0 aromatic carbocycles. The molecule has 8 nitrogen and oxygen atoms in total. The van der Waals surface area contributed by atoms with E-state index in [1.807, 2.05) is 13.8 Å². The summed E-state index contributed by atoms with van der Waals surface area (Å²) in [6, 6.07) is 0. The lowest BCUT2D eigenvalue weighted by Crippen LogP contribution is -2.37. The van der Waals surface area contributed by atoms with E-state index in [9.17, 15) is 4.79 Å². The maximum Gasteiger partial charge on any atom is 0.275 e. The number of H-pyrrole nitrogens is 1. The molecule has 1 aliphatic heterocycles. The van der Waals surface area contributed by atoms with Gasteiger partial charge in [0.15, 0.2) is 17.9 Å². The first-order valence-corrected chi connectivity index (χ1v) is 7.78. The van der Waals surface area contributed by atoms with Crippen molar-refractivity contribution in [3.8, 4) is 0 Å². The number of carbonyl (C=O) groups is 1. The van der Waals surface area contributed by atoms with Gasteiger partial charge in [-0.05, 0) is 13.3 Å². The molecule has 1 saturated heterocycles. The topological polar surface area (TPSA) is 97.1 Å². The molecule has 0 spiro atoms. The van der Waals surface area contributed by atoms with Gasteiger partial charge in [-0.25, -0.2) is 9.97 Å². The van der Waals surface area contributed by atoms with Crippen molar-refractivity contribution in [2.24, 2.45) is 0 Å². The van der Waals surface area contributed by atoms with Crippen molar-refractivity contribution >= 4 is 5.91 Å². The number of nitrogens with zero attached hydrogens (tertiary/aromatic N) is 4. The summed E-state index contributed by atoms with van der Waals surface area (Å²) in [6.07, 6.45) is 2.68. The van der Waals surface area contributed by atoms with Gasteiger partial charge in [-0.15, -0.1) is 0 Å². The number of aromatic nitrogens is 4. The third kappa shape index (κ3) is 3.12. The number of likely N-dealkylation sites (N-methyl/N-ethyl adjacent to an activating group) is 1. The molecule has 0 radical (unpaired) electrons. The first-order valence-electron chi connectivity index (χ1n) is 7.78. The van der Waals surface area contributed by atoms with Crippen LogP contribution in [-0.4, -0.2) is 57.3 Å². The molecule has 1 aliphatic rings. The molecule has 8 heteroatoms. The van der Waals surface area contributed by atoms with Crippen LogP contribution in [0.2, 0.25) is 0 Å². The molecule has 23 heavy (non-hydrogen) atoms. The first kappa shape index (κ1) is 15.7. The van der Waals surface area contributed by atoms with Crippen LogP contribution in [-0.2, 0) is 11.2 Å². The predicted octanol–water partition coefficient (Wildman–Crippen LogP) is 1.31. The van der Waals surface area contributed by atoms with E-state index < -0.39 is 0 Å². The highest BCUT2D eigenvalue weighted by molar-refractivity contribution is 5.93. The minimum absolute atomic E-state index is 0.0955. The number of carbonyl (C=O) groups excluding carboxylic acids is 1. The lowest BCUT2D eigenvalue weighted by Gasteiger charge is -2.23. The zero-order chi connectivity index (χ0) is 16.4. The quantitative estimate of drug-likeness (QED) is 0.892. The predicted molar refractivity (Wildman–Crippen MR) is 81.1 cm³/mol. The minimum Gasteiger partial charge on any atom is -0.448 e. The van der Waals surface area contributed by atoms with Gasteiger partial charge >= 0.3 is 0 Å². The minimum atomic E-state index is -0.156. The van der Waals surface area contributed by atoms with Crippen LogP contribution in [0.3, 0.4) is 0 Å². The van der Waals surface area contributed by atoms with E-state index in [0.717, 1.165) is 18.1 Å². The summed E-state index contributed by atoms with van der Waals surface area (Å²) >= 11 is 0. The van der Waals surface area contributed by atoms with Crippen molar-refractivity contribution in [2.45, 2.75) is 38.7 Å². The Hall–Kier alpha value is -2.22. The second-order valence-electron chi connectivity index (χ2n) is 5.75. The lowest BCUT2D eigenvalue weighted by molar-refractivity contribution is 0.0545. The number of nitrogens with one attached hydrogen (secondary N) is 1. The van der Waals surface area contributed by atoms with Crippen molar-refractivity contribution in [1.82, 2.24) is 25.1 Å². The van der Waals surface area contributed by atoms with Crippen molar-refractivity contribution in [3.05, 3.63) is 29.5 Å². The number of amides is 1. The molecule has 124 valence electrons. The van der Waals surface area contributed by atoms with E-state index in [4.69, 9.17) is 9.15 Å². The normalized spacial score (nSPS) is 20.8. The number of aryl methyl sites for hydroxylation is 2. The van der Waals surface area contributed by atoms with Gasteiger partial charge < -0.3 is 14.1 Å². The summed E-state index contributed by atoms with van der Waals surface area (Å²) in [7, 11) is 1.75. The maximum atomic E-state index is 12.5. The zero-order valence-corrected chi connectivity index (χ0v) is 13.6. The Balaban J connectivity index is 1.69. The number of aromatic amines is 1. The Kier molecular flexibility index (Phi) is 4.42. The van der Waals surface area contributed by atoms with Crippen molar-refractivity contribution < 1.29 is 13.9 Å². The number of rotatable bonds is 5. The van der Waals surface area contributed by atoms with Crippen LogP contribution in [0.25, 0.3) is 0 Å². The summed E-state index contributed by atoms with van der Waals surface area (Å²) in [5.74, 6) is 2.08. The second kappa shape index (κ2) is 6.49. The molecule has 0 aliphatic carbocycles. The third-order valence-electron chi connectivity index (χ3n) is 4.12. The van der Waals surface area contributed by atoms with Crippen molar-refractivity contribution in [2.75, 3.05) is 20.2 Å². The van der Waals surface area contributed by atoms with Crippen LogP contribution in [0.4, 0.5) is 0 Å². The van der Waals surface area contributed by atoms with Gasteiger partial charge in [0.1, 0.15) is 11.6 Å². The van der Waals surface area contributed by atoms with Crippen LogP contribution in [0.1, 0.15) is 47.2 Å². The molecule has 1 fully saturated rings. The van der Waals surface area contributed by atoms with Crippen molar-refractivity contribution in [3.63, 3.8) is 0 Å². The number of hydrogen-bond donors (Lipinski definition) is 1. The van der Waals surface area contributed by atoms with E-state index in [2.05, 4.69) is 20.2 Å². The fraction of sp³-hybridized carbons (Fsp3) is 0.600. The SMILES string of the molecule is CCc1ocnc1C(=O)N(C)C[C@H]1OCC[C@H]1c1n[nH]c(C)n1. The number of oxazole rings is 1. The Bertz CT molecular complexity index is 680. The maximum absolute atomic E-state index is 12.5. The van der Waals surface area contributed by atoms with Crippen LogP contribution < -0.4 is 0 Å². The summed E-state index contributed by atoms with van der Waals surface area (Å²) in [5, 5.41) is 7.09. The van der Waals surface area contributed by atoms with Crippen LogP contribution in [0, 0.1) is 6.92 Å². The smallest absolute Gasteiger partial charge is 0.275 e. The zero-order valence-electron chi connectivity index (χ0n) is 13.6. The summed E-state index contributed by atoms with van der Waals surface area (Å²) in [6.45, 7) is 4.91. The molecule has 1 amide bonds. The largest absolute Gasteiger partial charge is 0.448 e. The molecule has 2 aromatic rings. The fourth-order valence-corrected chi connectivity index (χ4v) is 2.88. The van der Waals surface area contributed by atoms with Gasteiger partial charge in [-0.2, -0.15) is 5.10 Å². The molecule has 2 atom stereocenters. The van der Waals surface area contributed by atoms with Gasteiger partial charge in [0.2, 0.25) is 0 Å². The fourth-order valence-electron chi connectivity index (χ4n) is 2.88. The third-order valence-corrected chi connectivity index (χ3v) is 4.12. The highest BCUT2D eigenvalue weighted by Crippen LogP contribution is 2.29. The molecule has 0 saturated carbocycles. The van der Waals surface area contributed by atoms with Gasteiger partial charge in [0.25, 0.3) is 5.91 Å². The second-order valence-corrected chi connectivity index (χ2v) is 5.75. The molecular weight excluding hydrogens is 298 g/mol. The Morgan fingerprint density at radius 1 is 1.52 bits per heavy atom. The van der Waals surface area contributed by atoms with Gasteiger partial charge in [-0.1, -0.05) is 6.92 Å².